The Morgan fingerprint density at radius 3 is 1.00 bits per heavy atom. The quantitative estimate of drug-likeness (QED) is 0.422. The summed E-state index contributed by atoms with van der Waals surface area (Å²) in [5.41, 5.74) is 5.51. The Morgan fingerprint density at radius 1 is 0.500 bits per heavy atom. The van der Waals surface area contributed by atoms with Gasteiger partial charge in [-0.15, -0.1) is 0 Å². The second kappa shape index (κ2) is 12.6. The zero-order valence-corrected chi connectivity index (χ0v) is 23.3. The Morgan fingerprint density at radius 2 is 0.750 bits per heavy atom. The van der Waals surface area contributed by atoms with Crippen LogP contribution in [0.4, 0.5) is 0 Å². The van der Waals surface area contributed by atoms with Crippen molar-refractivity contribution in [2.24, 2.45) is 0 Å². The summed E-state index contributed by atoms with van der Waals surface area (Å²) >= 11 is 7.80. The van der Waals surface area contributed by atoms with Gasteiger partial charge in [-0.05, 0) is 89.5 Å². The largest absolute Gasteiger partial charge is 0.302 e. The molecule has 2 aromatic rings. The summed E-state index contributed by atoms with van der Waals surface area (Å²) in [5.74, 6) is 0. The highest BCUT2D eigenvalue weighted by atomic mass is 79.9. The molecule has 0 saturated heterocycles. The summed E-state index contributed by atoms with van der Waals surface area (Å²) in [6, 6.07) is 13.4. The second-order valence-electron chi connectivity index (χ2n) is 9.44. The molecule has 2 aromatic carbocycles. The average Bonchev–Trinajstić information content (AvgIpc) is 2.73. The van der Waals surface area contributed by atoms with E-state index in [0.717, 1.165) is 65.2 Å². The molecule has 0 radical (unpaired) electrons. The molecule has 0 N–H and O–H groups in total. The van der Waals surface area contributed by atoms with Crippen molar-refractivity contribution in [3.05, 3.63) is 67.6 Å². The van der Waals surface area contributed by atoms with E-state index in [9.17, 15) is 0 Å². The molecule has 1 aliphatic rings. The first-order chi connectivity index (χ1) is 15.3. The lowest BCUT2D eigenvalue weighted by molar-refractivity contribution is 0.265. The lowest BCUT2D eigenvalue weighted by Gasteiger charge is -2.24. The van der Waals surface area contributed by atoms with Gasteiger partial charge in [0.15, 0.2) is 0 Å². The zero-order chi connectivity index (χ0) is 23.1. The van der Waals surface area contributed by atoms with Crippen LogP contribution in [0.3, 0.4) is 0 Å². The molecule has 4 bridgehead atoms. The molecule has 0 unspecified atom stereocenters. The Hall–Kier alpha value is -0.760. The van der Waals surface area contributed by atoms with Gasteiger partial charge in [0.05, 0.1) is 0 Å². The first-order valence-electron chi connectivity index (χ1n) is 11.6. The standard InChI is InChI=1S/C26H38Br2N4/c1-29-13-7-14-30(2)19-23-11-6-12-24(26(23)28)20-32(4)16-8-15-31(3)18-22-10-5-9-21(17-29)25(22)27/h5-6,9-12H,7-8,13-20H2,1-4H3. The first-order valence-corrected chi connectivity index (χ1v) is 13.2. The Bertz CT molecular complexity index is 741. The number of rotatable bonds is 0. The van der Waals surface area contributed by atoms with E-state index in [1.54, 1.807) is 0 Å². The number of nitrogens with zero attached hydrogens (tertiary/aromatic N) is 4. The lowest BCUT2D eigenvalue weighted by Crippen LogP contribution is -2.27. The molecule has 0 atom stereocenters. The van der Waals surface area contributed by atoms with Crippen LogP contribution in [0.15, 0.2) is 45.3 Å². The lowest BCUT2D eigenvalue weighted by atomic mass is 10.1. The Balaban J connectivity index is 1.75. The maximum atomic E-state index is 3.90. The van der Waals surface area contributed by atoms with E-state index in [-0.39, 0.29) is 0 Å². The fraction of sp³-hybridized carbons (Fsp3) is 0.538. The molecule has 0 aliphatic carbocycles. The van der Waals surface area contributed by atoms with Gasteiger partial charge >= 0.3 is 0 Å². The van der Waals surface area contributed by atoms with E-state index >= 15 is 0 Å². The average molecular weight is 566 g/mol. The van der Waals surface area contributed by atoms with Crippen LogP contribution in [0, 0.1) is 0 Å². The summed E-state index contributed by atoms with van der Waals surface area (Å²) < 4.78 is 2.54. The van der Waals surface area contributed by atoms with Gasteiger partial charge in [-0.3, -0.25) is 0 Å². The van der Waals surface area contributed by atoms with Crippen LogP contribution < -0.4 is 0 Å². The maximum Gasteiger partial charge on any atom is 0.0265 e. The van der Waals surface area contributed by atoms with Crippen LogP contribution in [0.2, 0.25) is 0 Å². The Labute approximate surface area is 211 Å². The third kappa shape index (κ3) is 7.64. The van der Waals surface area contributed by atoms with Gasteiger partial charge in [0.1, 0.15) is 0 Å². The minimum Gasteiger partial charge on any atom is -0.302 e. The summed E-state index contributed by atoms with van der Waals surface area (Å²) in [7, 11) is 8.92. The van der Waals surface area contributed by atoms with E-state index in [2.05, 4.69) is 116 Å². The van der Waals surface area contributed by atoms with Gasteiger partial charge in [-0.2, -0.15) is 0 Å². The SMILES string of the molecule is CN1CCCN(C)Cc2cccc(c2Br)CN(C)CCCN(C)Cc2cccc(c2Br)C1. The van der Waals surface area contributed by atoms with Gasteiger partial charge in [-0.1, -0.05) is 68.3 Å². The van der Waals surface area contributed by atoms with Crippen LogP contribution in [-0.4, -0.2) is 74.0 Å². The summed E-state index contributed by atoms with van der Waals surface area (Å²) in [4.78, 5) is 9.75. The molecule has 0 saturated carbocycles. The molecule has 0 spiro atoms. The van der Waals surface area contributed by atoms with Crippen molar-refractivity contribution in [1.29, 1.82) is 0 Å². The smallest absolute Gasteiger partial charge is 0.0265 e. The molecule has 3 rings (SSSR count). The van der Waals surface area contributed by atoms with Crippen molar-refractivity contribution < 1.29 is 0 Å². The van der Waals surface area contributed by atoms with Crippen LogP contribution >= 0.6 is 31.9 Å². The molecule has 0 amide bonds. The monoisotopic (exact) mass is 564 g/mol. The van der Waals surface area contributed by atoms with Crippen molar-refractivity contribution >= 4 is 31.9 Å². The van der Waals surface area contributed by atoms with Crippen LogP contribution in [-0.2, 0) is 26.2 Å². The zero-order valence-electron chi connectivity index (χ0n) is 20.1. The second-order valence-corrected chi connectivity index (χ2v) is 11.0. The molecule has 1 heterocycles. The van der Waals surface area contributed by atoms with E-state index in [1.807, 2.05) is 0 Å². The van der Waals surface area contributed by atoms with E-state index in [0.29, 0.717) is 0 Å². The molecule has 176 valence electrons. The summed E-state index contributed by atoms with van der Waals surface area (Å²) in [6.45, 7) is 8.25. The fourth-order valence-corrected chi connectivity index (χ4v) is 5.49. The molecular weight excluding hydrogens is 528 g/mol. The number of benzene rings is 2. The van der Waals surface area contributed by atoms with Gasteiger partial charge in [-0.25, -0.2) is 0 Å². The normalized spacial score (nSPS) is 19.7. The number of hydrogen-bond acceptors (Lipinski definition) is 4. The molecule has 4 nitrogen and oxygen atoms in total. The van der Waals surface area contributed by atoms with Gasteiger partial charge in [0.2, 0.25) is 0 Å². The van der Waals surface area contributed by atoms with Gasteiger partial charge in [0.25, 0.3) is 0 Å². The number of hydrogen-bond donors (Lipinski definition) is 0. The molecule has 1 aliphatic heterocycles. The van der Waals surface area contributed by atoms with Crippen LogP contribution in [0.5, 0.6) is 0 Å². The third-order valence-electron chi connectivity index (χ3n) is 6.24. The minimum atomic E-state index is 0.972. The number of halogens is 2. The molecule has 32 heavy (non-hydrogen) atoms. The number of fused-ring (bicyclic) bond motifs is 4. The van der Waals surface area contributed by atoms with Crippen molar-refractivity contribution in [2.75, 3.05) is 54.4 Å². The van der Waals surface area contributed by atoms with Crippen LogP contribution in [0.1, 0.15) is 35.1 Å². The molecule has 6 heteroatoms. The first kappa shape index (κ1) is 25.9. The maximum absolute atomic E-state index is 3.90. The van der Waals surface area contributed by atoms with Crippen LogP contribution in [0.25, 0.3) is 0 Å². The topological polar surface area (TPSA) is 13.0 Å². The highest BCUT2D eigenvalue weighted by molar-refractivity contribution is 9.10. The van der Waals surface area contributed by atoms with Crippen molar-refractivity contribution in [3.8, 4) is 0 Å². The molecule has 0 fully saturated rings. The predicted octanol–water partition coefficient (Wildman–Crippen LogP) is 5.43. The van der Waals surface area contributed by atoms with Gasteiger partial charge < -0.3 is 19.6 Å². The van der Waals surface area contributed by atoms with Crippen molar-refractivity contribution in [2.45, 2.75) is 39.0 Å². The highest BCUT2D eigenvalue weighted by Crippen LogP contribution is 2.26. The van der Waals surface area contributed by atoms with E-state index in [4.69, 9.17) is 0 Å². The fourth-order valence-electron chi connectivity index (χ4n) is 4.45. The van der Waals surface area contributed by atoms with E-state index in [1.165, 1.54) is 31.2 Å². The van der Waals surface area contributed by atoms with Crippen molar-refractivity contribution in [1.82, 2.24) is 19.6 Å². The molecule has 0 aromatic heterocycles. The summed E-state index contributed by atoms with van der Waals surface area (Å²) in [5, 5.41) is 0. The summed E-state index contributed by atoms with van der Waals surface area (Å²) in [6.07, 6.45) is 2.32. The van der Waals surface area contributed by atoms with Crippen molar-refractivity contribution in [3.63, 3.8) is 0 Å². The predicted molar refractivity (Wildman–Crippen MR) is 143 cm³/mol. The minimum absolute atomic E-state index is 0.972. The van der Waals surface area contributed by atoms with E-state index < -0.39 is 0 Å². The highest BCUT2D eigenvalue weighted by Gasteiger charge is 2.13. The third-order valence-corrected chi connectivity index (χ3v) is 8.27. The molecular formula is C26H38Br2N4. The van der Waals surface area contributed by atoms with Gasteiger partial charge in [0, 0.05) is 35.1 Å². The Kier molecular flexibility index (Phi) is 10.2.